The van der Waals surface area contributed by atoms with E-state index in [1.165, 1.54) is 31.9 Å². The Bertz CT molecular complexity index is 785. The summed E-state index contributed by atoms with van der Waals surface area (Å²) in [5.74, 6) is 2.50. The molecule has 1 aliphatic heterocycles. The zero-order valence-electron chi connectivity index (χ0n) is 15.9. The van der Waals surface area contributed by atoms with Gasteiger partial charge in [-0.25, -0.2) is 4.79 Å². The fraction of sp³-hybridized carbons (Fsp3) is 0.500. The molecule has 1 atom stereocenters. The zero-order chi connectivity index (χ0) is 19.9. The van der Waals surface area contributed by atoms with E-state index < -0.39 is 0 Å². The van der Waals surface area contributed by atoms with Crippen LogP contribution in [0.2, 0.25) is 0 Å². The Balaban J connectivity index is 0.000000706. The smallest absolute Gasteiger partial charge is 0.337 e. The van der Waals surface area contributed by atoms with Crippen molar-refractivity contribution in [1.29, 1.82) is 0 Å². The molecule has 1 N–H and O–H groups in total. The number of nitrogens with zero attached hydrogens (tertiary/aromatic N) is 3. The van der Waals surface area contributed by atoms with Gasteiger partial charge in [-0.3, -0.25) is 9.69 Å². The van der Waals surface area contributed by atoms with E-state index >= 15 is 0 Å². The molecule has 28 heavy (non-hydrogen) atoms. The maximum absolute atomic E-state index is 11.5. The molecule has 8 nitrogen and oxygen atoms in total. The van der Waals surface area contributed by atoms with Crippen LogP contribution in [-0.2, 0) is 22.5 Å². The SMILES string of the molecule is COC(=O)c1ccc(CC2CCN(Cc3nc(C4CC4)no3)C2)cc1.O=CO. The van der Waals surface area contributed by atoms with E-state index in [0.29, 0.717) is 17.4 Å². The number of benzene rings is 1. The first kappa shape index (κ1) is 20.0. The molecule has 2 heterocycles. The minimum Gasteiger partial charge on any atom is -0.483 e. The van der Waals surface area contributed by atoms with Crippen LogP contribution in [0.3, 0.4) is 0 Å². The molecule has 1 saturated heterocycles. The summed E-state index contributed by atoms with van der Waals surface area (Å²) in [6.07, 6.45) is 4.58. The maximum Gasteiger partial charge on any atom is 0.337 e. The molecular weight excluding hydrogens is 362 g/mol. The van der Waals surface area contributed by atoms with Gasteiger partial charge in [-0.15, -0.1) is 0 Å². The highest BCUT2D eigenvalue weighted by Crippen LogP contribution is 2.38. The number of likely N-dealkylation sites (tertiary alicyclic amines) is 1. The molecule has 1 aromatic carbocycles. The number of aromatic nitrogens is 2. The van der Waals surface area contributed by atoms with Crippen LogP contribution in [0, 0.1) is 5.92 Å². The normalized spacial score (nSPS) is 19.0. The number of hydrogen-bond donors (Lipinski definition) is 1. The molecule has 4 rings (SSSR count). The van der Waals surface area contributed by atoms with Gasteiger partial charge in [-0.2, -0.15) is 4.98 Å². The van der Waals surface area contributed by atoms with Crippen LogP contribution in [0.5, 0.6) is 0 Å². The molecule has 1 saturated carbocycles. The second kappa shape index (κ2) is 9.45. The molecule has 0 amide bonds. The predicted octanol–water partition coefficient (Wildman–Crippen LogP) is 2.50. The Labute approximate surface area is 163 Å². The first-order valence-corrected chi connectivity index (χ1v) is 9.42. The highest BCUT2D eigenvalue weighted by Gasteiger charge is 2.30. The first-order valence-electron chi connectivity index (χ1n) is 9.42. The Morgan fingerprint density at radius 3 is 2.68 bits per heavy atom. The van der Waals surface area contributed by atoms with Gasteiger partial charge in [0.15, 0.2) is 5.82 Å². The Hall–Kier alpha value is -2.74. The standard InChI is InChI=1S/C19H23N3O3.CH2O2/c1-24-19(23)16-4-2-13(3-5-16)10-14-8-9-22(11-14)12-17-20-18(21-25-17)15-6-7-15;2-1-3/h2-5,14-15H,6-12H2,1H3;1H,(H,2,3). The fourth-order valence-electron chi connectivity index (χ4n) is 3.48. The van der Waals surface area contributed by atoms with Crippen molar-refractivity contribution in [1.82, 2.24) is 15.0 Å². The predicted molar refractivity (Wildman–Crippen MR) is 99.8 cm³/mol. The molecule has 2 aromatic rings. The zero-order valence-corrected chi connectivity index (χ0v) is 15.9. The average molecular weight is 387 g/mol. The fourth-order valence-corrected chi connectivity index (χ4v) is 3.48. The Morgan fingerprint density at radius 1 is 1.32 bits per heavy atom. The van der Waals surface area contributed by atoms with Gasteiger partial charge in [0.25, 0.3) is 6.47 Å². The third-order valence-electron chi connectivity index (χ3n) is 5.05. The highest BCUT2D eigenvalue weighted by molar-refractivity contribution is 5.89. The number of hydrogen-bond acceptors (Lipinski definition) is 7. The molecule has 0 radical (unpaired) electrons. The lowest BCUT2D eigenvalue weighted by molar-refractivity contribution is -0.122. The van der Waals surface area contributed by atoms with E-state index in [-0.39, 0.29) is 12.4 Å². The molecule has 8 heteroatoms. The van der Waals surface area contributed by atoms with Crippen LogP contribution < -0.4 is 0 Å². The van der Waals surface area contributed by atoms with E-state index in [1.54, 1.807) is 0 Å². The summed E-state index contributed by atoms with van der Waals surface area (Å²) in [7, 11) is 1.40. The van der Waals surface area contributed by atoms with Crippen molar-refractivity contribution in [2.45, 2.75) is 38.1 Å². The van der Waals surface area contributed by atoms with Crippen molar-refractivity contribution in [2.75, 3.05) is 20.2 Å². The second-order valence-corrected chi connectivity index (χ2v) is 7.21. The van der Waals surface area contributed by atoms with Gasteiger partial charge >= 0.3 is 5.97 Å². The van der Waals surface area contributed by atoms with E-state index in [2.05, 4.69) is 15.0 Å². The van der Waals surface area contributed by atoms with Crippen LogP contribution in [0.4, 0.5) is 0 Å². The maximum atomic E-state index is 11.5. The number of esters is 1. The summed E-state index contributed by atoms with van der Waals surface area (Å²) >= 11 is 0. The summed E-state index contributed by atoms with van der Waals surface area (Å²) in [5.41, 5.74) is 1.86. The lowest BCUT2D eigenvalue weighted by atomic mass is 9.98. The summed E-state index contributed by atoms with van der Waals surface area (Å²) in [5, 5.41) is 11.0. The van der Waals surface area contributed by atoms with Crippen molar-refractivity contribution in [2.24, 2.45) is 5.92 Å². The first-order chi connectivity index (χ1) is 13.6. The molecular formula is C20H25N3O5. The van der Waals surface area contributed by atoms with Crippen LogP contribution in [0.25, 0.3) is 0 Å². The quantitative estimate of drug-likeness (QED) is 0.595. The number of rotatable bonds is 6. The summed E-state index contributed by atoms with van der Waals surface area (Å²) in [4.78, 5) is 26.7. The Kier molecular flexibility index (Phi) is 6.76. The molecule has 1 aromatic heterocycles. The van der Waals surface area contributed by atoms with Gasteiger partial charge in [0.2, 0.25) is 5.89 Å². The third-order valence-corrected chi connectivity index (χ3v) is 5.05. The van der Waals surface area contributed by atoms with Crippen molar-refractivity contribution in [3.05, 3.63) is 47.1 Å². The van der Waals surface area contributed by atoms with E-state index in [1.807, 2.05) is 24.3 Å². The minimum atomic E-state index is -0.288. The van der Waals surface area contributed by atoms with E-state index in [9.17, 15) is 4.79 Å². The molecule has 2 aliphatic rings. The van der Waals surface area contributed by atoms with Crippen molar-refractivity contribution >= 4 is 12.4 Å². The van der Waals surface area contributed by atoms with E-state index in [0.717, 1.165) is 37.8 Å². The van der Waals surface area contributed by atoms with Crippen LogP contribution in [0.15, 0.2) is 28.8 Å². The third kappa shape index (κ3) is 5.39. The number of carbonyl (C=O) groups excluding carboxylic acids is 1. The van der Waals surface area contributed by atoms with E-state index in [4.69, 9.17) is 19.2 Å². The van der Waals surface area contributed by atoms with Crippen molar-refractivity contribution in [3.8, 4) is 0 Å². The Morgan fingerprint density at radius 2 is 2.04 bits per heavy atom. The molecule has 150 valence electrons. The van der Waals surface area contributed by atoms with Gasteiger partial charge in [-0.05, 0) is 55.8 Å². The number of carbonyl (C=O) groups is 2. The van der Waals surface area contributed by atoms with Gasteiger partial charge < -0.3 is 14.4 Å². The number of carboxylic acid groups (broad SMARTS) is 1. The van der Waals surface area contributed by atoms with Gasteiger partial charge in [-0.1, -0.05) is 17.3 Å². The minimum absolute atomic E-state index is 0.250. The molecule has 2 fully saturated rings. The lowest BCUT2D eigenvalue weighted by Crippen LogP contribution is -2.20. The van der Waals surface area contributed by atoms with Crippen LogP contribution in [0.1, 0.15) is 52.8 Å². The van der Waals surface area contributed by atoms with Gasteiger partial charge in [0, 0.05) is 12.5 Å². The van der Waals surface area contributed by atoms with Gasteiger partial charge in [0.05, 0.1) is 19.2 Å². The van der Waals surface area contributed by atoms with Crippen LogP contribution in [-0.4, -0.2) is 52.8 Å². The second-order valence-electron chi connectivity index (χ2n) is 7.21. The molecule has 1 unspecified atom stereocenters. The molecule has 1 aliphatic carbocycles. The summed E-state index contributed by atoms with van der Waals surface area (Å²) < 4.78 is 10.1. The lowest BCUT2D eigenvalue weighted by Gasteiger charge is -2.13. The van der Waals surface area contributed by atoms with Crippen LogP contribution >= 0.6 is 0 Å². The summed E-state index contributed by atoms with van der Waals surface area (Å²) in [6.45, 7) is 2.60. The van der Waals surface area contributed by atoms with Crippen molar-refractivity contribution < 1.29 is 24.0 Å². The number of ether oxygens (including phenoxy) is 1. The van der Waals surface area contributed by atoms with Gasteiger partial charge in [0.1, 0.15) is 0 Å². The largest absolute Gasteiger partial charge is 0.483 e. The monoisotopic (exact) mass is 387 g/mol. The highest BCUT2D eigenvalue weighted by atomic mass is 16.5. The topological polar surface area (TPSA) is 106 Å². The molecule has 0 spiro atoms. The molecule has 0 bridgehead atoms. The van der Waals surface area contributed by atoms with Crippen molar-refractivity contribution in [3.63, 3.8) is 0 Å². The summed E-state index contributed by atoms with van der Waals surface area (Å²) in [6, 6.07) is 7.72. The number of methoxy groups -OCH3 is 1. The average Bonchev–Trinajstić information content (AvgIpc) is 3.30.